The van der Waals surface area contributed by atoms with Gasteiger partial charge >= 0.3 is 0 Å². The molecule has 4 rings (SSSR count). The van der Waals surface area contributed by atoms with Crippen LogP contribution in [0.3, 0.4) is 0 Å². The fraction of sp³-hybridized carbons (Fsp3) is 0.172. The summed E-state index contributed by atoms with van der Waals surface area (Å²) in [6.45, 7) is 2.20. The fourth-order valence-corrected chi connectivity index (χ4v) is 5.27. The van der Waals surface area contributed by atoms with Crippen molar-refractivity contribution in [3.63, 3.8) is 0 Å². The Morgan fingerprint density at radius 3 is 1.71 bits per heavy atom. The zero-order chi connectivity index (χ0) is 24.7. The lowest BCUT2D eigenvalue weighted by Gasteiger charge is -2.28. The van der Waals surface area contributed by atoms with E-state index >= 15 is 0 Å². The van der Waals surface area contributed by atoms with Gasteiger partial charge in [0.1, 0.15) is 0 Å². The molecule has 0 aliphatic heterocycles. The Bertz CT molecular complexity index is 1300. The van der Waals surface area contributed by atoms with E-state index in [2.05, 4.69) is 10.0 Å². The van der Waals surface area contributed by atoms with E-state index in [1.165, 1.54) is 0 Å². The monoisotopic (exact) mass is 486 g/mol. The Balaban J connectivity index is 1.61. The number of sulfonamides is 1. The third-order valence-electron chi connectivity index (χ3n) is 5.99. The zero-order valence-electron chi connectivity index (χ0n) is 19.6. The first-order chi connectivity index (χ1) is 16.9. The van der Waals surface area contributed by atoms with Gasteiger partial charge in [-0.3, -0.25) is 0 Å². The van der Waals surface area contributed by atoms with E-state index in [-0.39, 0.29) is 11.4 Å². The van der Waals surface area contributed by atoms with Crippen LogP contribution in [0.5, 0.6) is 0 Å². The van der Waals surface area contributed by atoms with Gasteiger partial charge in [0.2, 0.25) is 10.0 Å². The smallest absolute Gasteiger partial charge is 0.241 e. The Morgan fingerprint density at radius 2 is 1.17 bits per heavy atom. The number of aliphatic hydroxyl groups excluding tert-OH is 1. The Labute approximate surface area is 207 Å². The van der Waals surface area contributed by atoms with Crippen LogP contribution in [0.25, 0.3) is 0 Å². The molecule has 180 valence electrons. The van der Waals surface area contributed by atoms with Gasteiger partial charge in [-0.2, -0.15) is 0 Å². The Hall–Kier alpha value is -3.29. The first-order valence-corrected chi connectivity index (χ1v) is 13.1. The molecule has 5 nitrogen and oxygen atoms in total. The molecular weight excluding hydrogens is 456 g/mol. The van der Waals surface area contributed by atoms with Crippen LogP contribution in [0.1, 0.15) is 40.4 Å². The van der Waals surface area contributed by atoms with E-state index in [9.17, 15) is 13.5 Å². The normalized spacial score (nSPS) is 14.2. The highest BCUT2D eigenvalue weighted by Crippen LogP contribution is 2.29. The van der Waals surface area contributed by atoms with Gasteiger partial charge in [-0.05, 0) is 35.7 Å². The minimum Gasteiger partial charge on any atom is -0.386 e. The van der Waals surface area contributed by atoms with Crippen molar-refractivity contribution in [3.8, 4) is 0 Å². The summed E-state index contributed by atoms with van der Waals surface area (Å²) in [5.74, 6) is 0. The van der Waals surface area contributed by atoms with Gasteiger partial charge in [0, 0.05) is 6.54 Å². The minimum absolute atomic E-state index is 0.216. The average Bonchev–Trinajstić information content (AvgIpc) is 2.90. The first kappa shape index (κ1) is 24.8. The highest BCUT2D eigenvalue weighted by Gasteiger charge is 2.26. The molecule has 0 heterocycles. The largest absolute Gasteiger partial charge is 0.386 e. The van der Waals surface area contributed by atoms with Crippen molar-refractivity contribution in [2.24, 2.45) is 0 Å². The molecular formula is C29H30N2O3S. The lowest BCUT2D eigenvalue weighted by molar-refractivity contribution is 0.127. The molecule has 0 radical (unpaired) electrons. The summed E-state index contributed by atoms with van der Waals surface area (Å²) in [7, 11) is -3.76. The van der Waals surface area contributed by atoms with Crippen molar-refractivity contribution in [2.45, 2.75) is 30.0 Å². The van der Waals surface area contributed by atoms with Crippen LogP contribution >= 0.6 is 0 Å². The van der Waals surface area contributed by atoms with Crippen molar-refractivity contribution >= 4 is 10.0 Å². The zero-order valence-corrected chi connectivity index (χ0v) is 20.4. The number of benzene rings is 4. The van der Waals surface area contributed by atoms with Gasteiger partial charge in [-0.25, -0.2) is 13.1 Å². The number of nitrogens with one attached hydrogen (secondary N) is 2. The quantitative estimate of drug-likeness (QED) is 0.292. The predicted octanol–water partition coefficient (Wildman–Crippen LogP) is 5.08. The second kappa shape index (κ2) is 11.4. The molecule has 0 unspecified atom stereocenters. The van der Waals surface area contributed by atoms with Crippen molar-refractivity contribution < 1.29 is 13.5 Å². The van der Waals surface area contributed by atoms with E-state index in [1.54, 1.807) is 24.3 Å². The highest BCUT2D eigenvalue weighted by atomic mass is 32.2. The highest BCUT2D eigenvalue weighted by molar-refractivity contribution is 7.89. The van der Waals surface area contributed by atoms with Crippen molar-refractivity contribution in [1.82, 2.24) is 10.0 Å². The second-order valence-electron chi connectivity index (χ2n) is 8.55. The standard InChI is InChI=1S/C29H30N2O3S/c1-22-17-19-26(20-18-22)35(33,34)31-27(23-11-5-2-6-12-23)21-30-28(24-13-7-3-8-14-24)29(32)25-15-9-4-10-16-25/h2-20,27-32H,21H2,1H3/t27-,28+,29-/m0/s1. The van der Waals surface area contributed by atoms with E-state index in [0.717, 1.165) is 22.3 Å². The van der Waals surface area contributed by atoms with E-state index in [1.807, 2.05) is 97.9 Å². The van der Waals surface area contributed by atoms with Gasteiger partial charge < -0.3 is 10.4 Å². The molecule has 0 amide bonds. The molecule has 0 aliphatic carbocycles. The van der Waals surface area contributed by atoms with E-state index in [4.69, 9.17) is 0 Å². The van der Waals surface area contributed by atoms with Gasteiger partial charge in [-0.1, -0.05) is 109 Å². The van der Waals surface area contributed by atoms with Crippen molar-refractivity contribution in [2.75, 3.05) is 6.54 Å². The van der Waals surface area contributed by atoms with Crippen LogP contribution in [0.15, 0.2) is 120 Å². The third-order valence-corrected chi connectivity index (χ3v) is 7.48. The van der Waals surface area contributed by atoms with Crippen molar-refractivity contribution in [3.05, 3.63) is 138 Å². The molecule has 0 aliphatic rings. The van der Waals surface area contributed by atoms with E-state index in [0.29, 0.717) is 0 Å². The maximum Gasteiger partial charge on any atom is 0.241 e. The van der Waals surface area contributed by atoms with Crippen LogP contribution in [0.4, 0.5) is 0 Å². The lowest BCUT2D eigenvalue weighted by Crippen LogP contribution is -2.38. The summed E-state index contributed by atoms with van der Waals surface area (Å²) in [5, 5.41) is 14.7. The molecule has 0 saturated heterocycles. The van der Waals surface area contributed by atoms with Crippen LogP contribution in [0, 0.1) is 6.92 Å². The number of rotatable bonds is 10. The van der Waals surface area contributed by atoms with Gasteiger partial charge in [0.25, 0.3) is 0 Å². The Kier molecular flexibility index (Phi) is 8.10. The summed E-state index contributed by atoms with van der Waals surface area (Å²) in [4.78, 5) is 0.216. The molecule has 6 heteroatoms. The summed E-state index contributed by atoms with van der Waals surface area (Å²) >= 11 is 0. The van der Waals surface area contributed by atoms with Gasteiger partial charge in [0.05, 0.1) is 23.1 Å². The maximum absolute atomic E-state index is 13.2. The molecule has 0 fully saturated rings. The first-order valence-electron chi connectivity index (χ1n) is 11.6. The minimum atomic E-state index is -3.76. The molecule has 0 spiro atoms. The fourth-order valence-electron chi connectivity index (χ4n) is 4.05. The van der Waals surface area contributed by atoms with Crippen LogP contribution in [0.2, 0.25) is 0 Å². The molecule has 35 heavy (non-hydrogen) atoms. The predicted molar refractivity (Wildman–Crippen MR) is 139 cm³/mol. The molecule has 0 bridgehead atoms. The summed E-state index contributed by atoms with van der Waals surface area (Å²) in [5.41, 5.74) is 3.52. The number of aryl methyl sites for hydroxylation is 1. The molecule has 0 saturated carbocycles. The molecule has 4 aromatic rings. The summed E-state index contributed by atoms with van der Waals surface area (Å²) in [6.07, 6.45) is -0.816. The van der Waals surface area contributed by atoms with Gasteiger partial charge in [0.15, 0.2) is 0 Å². The Morgan fingerprint density at radius 1 is 0.686 bits per heavy atom. The second-order valence-corrected chi connectivity index (χ2v) is 10.3. The van der Waals surface area contributed by atoms with Crippen LogP contribution < -0.4 is 10.0 Å². The number of hydrogen-bond donors (Lipinski definition) is 3. The molecule has 0 aromatic heterocycles. The number of aliphatic hydroxyl groups is 1. The van der Waals surface area contributed by atoms with Crippen LogP contribution in [-0.4, -0.2) is 20.1 Å². The summed E-state index contributed by atoms with van der Waals surface area (Å²) < 4.78 is 29.3. The summed E-state index contributed by atoms with van der Waals surface area (Å²) in [6, 6.07) is 34.4. The van der Waals surface area contributed by atoms with E-state index < -0.39 is 28.2 Å². The molecule has 3 atom stereocenters. The SMILES string of the molecule is Cc1ccc(S(=O)(=O)N[C@@H](CN[C@H](c2ccccc2)[C@@H](O)c2ccccc2)c2ccccc2)cc1. The maximum atomic E-state index is 13.2. The lowest BCUT2D eigenvalue weighted by atomic mass is 9.95. The van der Waals surface area contributed by atoms with Crippen molar-refractivity contribution in [1.29, 1.82) is 0 Å². The third kappa shape index (κ3) is 6.44. The van der Waals surface area contributed by atoms with Crippen LogP contribution in [-0.2, 0) is 10.0 Å². The topological polar surface area (TPSA) is 78.4 Å². The number of hydrogen-bond acceptors (Lipinski definition) is 4. The van der Waals surface area contributed by atoms with Gasteiger partial charge in [-0.15, -0.1) is 0 Å². The molecule has 4 aromatic carbocycles. The molecule has 3 N–H and O–H groups in total. The average molecular weight is 487 g/mol.